The normalized spacial score (nSPS) is 36.0. The van der Waals surface area contributed by atoms with Gasteiger partial charge in [0.2, 0.25) is 0 Å². The van der Waals surface area contributed by atoms with Gasteiger partial charge in [-0.25, -0.2) is 0 Å². The minimum Gasteiger partial charge on any atom is -0.480 e. The van der Waals surface area contributed by atoms with Gasteiger partial charge in [0.1, 0.15) is 6.04 Å². The number of fused-ring (bicyclic) bond motifs is 1. The van der Waals surface area contributed by atoms with Crippen LogP contribution in [0.1, 0.15) is 37.4 Å². The number of aromatic amines is 1. The fourth-order valence-electron chi connectivity index (χ4n) is 3.33. The Bertz CT molecular complexity index is 421. The van der Waals surface area contributed by atoms with Gasteiger partial charge in [-0.3, -0.25) is 4.79 Å². The van der Waals surface area contributed by atoms with Crippen molar-refractivity contribution in [2.45, 2.75) is 37.6 Å². The van der Waals surface area contributed by atoms with E-state index in [1.807, 2.05) is 0 Å². The van der Waals surface area contributed by atoms with Gasteiger partial charge in [0.25, 0.3) is 0 Å². The van der Waals surface area contributed by atoms with Gasteiger partial charge in [0.15, 0.2) is 5.82 Å². The van der Waals surface area contributed by atoms with E-state index in [1.165, 1.54) is 0 Å². The Balaban J connectivity index is 1.68. The molecule has 7 heteroatoms. The molecular formula is C11H17N5O2. The first-order valence-electron chi connectivity index (χ1n) is 6.43. The number of carboxylic acids is 1. The number of rotatable bonds is 2. The summed E-state index contributed by atoms with van der Waals surface area (Å²) in [7, 11) is 0. The van der Waals surface area contributed by atoms with Crippen molar-refractivity contribution in [2.24, 2.45) is 11.8 Å². The number of nitrogens with zero attached hydrogens (tertiary/aromatic N) is 3. The van der Waals surface area contributed by atoms with Crippen LogP contribution in [0.15, 0.2) is 0 Å². The molecule has 1 aromatic rings. The average Bonchev–Trinajstić information content (AvgIpc) is 2.91. The van der Waals surface area contributed by atoms with Crippen LogP contribution in [0, 0.1) is 11.8 Å². The molecule has 18 heavy (non-hydrogen) atoms. The summed E-state index contributed by atoms with van der Waals surface area (Å²) in [6.45, 7) is 0.820. The van der Waals surface area contributed by atoms with Gasteiger partial charge < -0.3 is 10.4 Å². The maximum atomic E-state index is 11.0. The van der Waals surface area contributed by atoms with Gasteiger partial charge in [0, 0.05) is 5.92 Å². The standard InChI is InChI=1S/C11H17N5O2/c17-11(18)9-4-8-3-6(10-13-15-16-14-10)1-2-7(8)5-12-9/h6-9,12H,1-5H2,(H,17,18)(H,13,14,15,16)/t6-,7-,8+,9-/m1/s1. The summed E-state index contributed by atoms with van der Waals surface area (Å²) >= 11 is 0. The van der Waals surface area contributed by atoms with E-state index in [9.17, 15) is 4.79 Å². The Morgan fingerprint density at radius 2 is 2.17 bits per heavy atom. The third kappa shape index (κ3) is 2.10. The van der Waals surface area contributed by atoms with Crippen LogP contribution in [0.25, 0.3) is 0 Å². The lowest BCUT2D eigenvalue weighted by atomic mass is 9.69. The molecule has 7 nitrogen and oxygen atoms in total. The minimum absolute atomic E-state index is 0.331. The van der Waals surface area contributed by atoms with Crippen LogP contribution in [0.2, 0.25) is 0 Å². The van der Waals surface area contributed by atoms with Crippen LogP contribution in [-0.2, 0) is 4.79 Å². The second-order valence-electron chi connectivity index (χ2n) is 5.33. The van der Waals surface area contributed by atoms with E-state index < -0.39 is 12.0 Å². The number of carbonyl (C=O) groups is 1. The minimum atomic E-state index is -0.741. The molecule has 0 amide bonds. The SMILES string of the molecule is O=C(O)[C@H]1C[C@@H]2C[C@H](c3nn[nH]n3)CC[C@@H]2CN1. The number of piperidine rings is 1. The molecule has 2 aliphatic rings. The smallest absolute Gasteiger partial charge is 0.320 e. The molecule has 0 unspecified atom stereocenters. The van der Waals surface area contributed by atoms with E-state index in [0.717, 1.165) is 31.6 Å². The molecule has 1 saturated heterocycles. The van der Waals surface area contributed by atoms with Crippen molar-refractivity contribution >= 4 is 5.97 Å². The molecule has 3 N–H and O–H groups in total. The molecule has 1 saturated carbocycles. The van der Waals surface area contributed by atoms with Crippen LogP contribution >= 0.6 is 0 Å². The van der Waals surface area contributed by atoms with Gasteiger partial charge in [0.05, 0.1) is 0 Å². The van der Waals surface area contributed by atoms with Gasteiger partial charge in [-0.05, 0) is 44.1 Å². The fourth-order valence-corrected chi connectivity index (χ4v) is 3.33. The van der Waals surface area contributed by atoms with Gasteiger partial charge in [-0.15, -0.1) is 10.2 Å². The predicted octanol–water partition coefficient (Wildman–Crippen LogP) is 0.146. The highest BCUT2D eigenvalue weighted by atomic mass is 16.4. The molecule has 1 aromatic heterocycles. The summed E-state index contributed by atoms with van der Waals surface area (Å²) in [5.74, 6) is 1.43. The lowest BCUT2D eigenvalue weighted by molar-refractivity contribution is -0.141. The molecule has 2 fully saturated rings. The highest BCUT2D eigenvalue weighted by molar-refractivity contribution is 5.73. The number of H-pyrrole nitrogens is 1. The maximum absolute atomic E-state index is 11.0. The van der Waals surface area contributed by atoms with E-state index >= 15 is 0 Å². The fraction of sp³-hybridized carbons (Fsp3) is 0.818. The Kier molecular flexibility index (Phi) is 2.99. The Hall–Kier alpha value is -1.50. The van der Waals surface area contributed by atoms with Crippen LogP contribution < -0.4 is 5.32 Å². The molecule has 98 valence electrons. The molecule has 4 atom stereocenters. The summed E-state index contributed by atoms with van der Waals surface area (Å²) in [5.41, 5.74) is 0. The lowest BCUT2D eigenvalue weighted by Crippen LogP contribution is -2.49. The second kappa shape index (κ2) is 4.64. The Labute approximate surface area is 104 Å². The van der Waals surface area contributed by atoms with E-state index in [4.69, 9.17) is 5.11 Å². The van der Waals surface area contributed by atoms with Crippen LogP contribution in [0.5, 0.6) is 0 Å². The summed E-state index contributed by atoms with van der Waals surface area (Å²) < 4.78 is 0. The molecule has 1 aliphatic carbocycles. The first kappa shape index (κ1) is 11.6. The molecule has 2 heterocycles. The molecule has 0 radical (unpaired) electrons. The third-order valence-electron chi connectivity index (χ3n) is 4.33. The van der Waals surface area contributed by atoms with Crippen molar-refractivity contribution in [1.82, 2.24) is 25.9 Å². The molecule has 0 aromatic carbocycles. The summed E-state index contributed by atoms with van der Waals surface area (Å²) in [5, 5.41) is 26.4. The topological polar surface area (TPSA) is 104 Å². The summed E-state index contributed by atoms with van der Waals surface area (Å²) in [6.07, 6.45) is 3.88. The summed E-state index contributed by atoms with van der Waals surface area (Å²) in [4.78, 5) is 11.0. The second-order valence-corrected chi connectivity index (χ2v) is 5.33. The molecular weight excluding hydrogens is 234 g/mol. The first-order chi connectivity index (χ1) is 8.74. The number of aliphatic carboxylic acids is 1. The van der Waals surface area contributed by atoms with Crippen molar-refractivity contribution in [1.29, 1.82) is 0 Å². The molecule has 0 bridgehead atoms. The third-order valence-corrected chi connectivity index (χ3v) is 4.33. The number of aromatic nitrogens is 4. The summed E-state index contributed by atoms with van der Waals surface area (Å²) in [6, 6.07) is -0.393. The molecule has 1 aliphatic heterocycles. The zero-order chi connectivity index (χ0) is 12.5. The Morgan fingerprint density at radius 1 is 1.28 bits per heavy atom. The zero-order valence-electron chi connectivity index (χ0n) is 10.0. The van der Waals surface area contributed by atoms with Crippen molar-refractivity contribution in [3.63, 3.8) is 0 Å². The molecule has 0 spiro atoms. The number of tetrazole rings is 1. The van der Waals surface area contributed by atoms with Crippen molar-refractivity contribution in [3.8, 4) is 0 Å². The van der Waals surface area contributed by atoms with Gasteiger partial charge >= 0.3 is 5.97 Å². The number of carboxylic acid groups (broad SMARTS) is 1. The largest absolute Gasteiger partial charge is 0.480 e. The highest BCUT2D eigenvalue weighted by Crippen LogP contribution is 2.41. The van der Waals surface area contributed by atoms with Crippen LogP contribution in [0.3, 0.4) is 0 Å². The number of nitrogens with one attached hydrogen (secondary N) is 2. The average molecular weight is 251 g/mol. The van der Waals surface area contributed by atoms with E-state index in [0.29, 0.717) is 24.2 Å². The number of hydrogen-bond donors (Lipinski definition) is 3. The zero-order valence-corrected chi connectivity index (χ0v) is 10.0. The predicted molar refractivity (Wildman–Crippen MR) is 61.8 cm³/mol. The monoisotopic (exact) mass is 251 g/mol. The highest BCUT2D eigenvalue weighted by Gasteiger charge is 2.38. The first-order valence-corrected chi connectivity index (χ1v) is 6.43. The molecule has 3 rings (SSSR count). The van der Waals surface area contributed by atoms with E-state index in [1.54, 1.807) is 0 Å². The number of hydrogen-bond acceptors (Lipinski definition) is 5. The van der Waals surface area contributed by atoms with E-state index in [-0.39, 0.29) is 0 Å². The van der Waals surface area contributed by atoms with Gasteiger partial charge in [-0.1, -0.05) is 5.21 Å². The van der Waals surface area contributed by atoms with Gasteiger partial charge in [-0.2, -0.15) is 5.21 Å². The maximum Gasteiger partial charge on any atom is 0.320 e. The van der Waals surface area contributed by atoms with E-state index in [2.05, 4.69) is 25.9 Å². The van der Waals surface area contributed by atoms with Crippen molar-refractivity contribution < 1.29 is 9.90 Å². The van der Waals surface area contributed by atoms with Crippen molar-refractivity contribution in [2.75, 3.05) is 6.54 Å². The lowest BCUT2D eigenvalue weighted by Gasteiger charge is -2.40. The van der Waals surface area contributed by atoms with Crippen LogP contribution in [-0.4, -0.2) is 44.3 Å². The Morgan fingerprint density at radius 3 is 2.89 bits per heavy atom. The quantitative estimate of drug-likeness (QED) is 0.691. The van der Waals surface area contributed by atoms with Crippen molar-refractivity contribution in [3.05, 3.63) is 5.82 Å². The van der Waals surface area contributed by atoms with Crippen LogP contribution in [0.4, 0.5) is 0 Å².